The first-order valence-electron chi connectivity index (χ1n) is 8.60. The Labute approximate surface area is 148 Å². The third kappa shape index (κ3) is 5.58. The number of aromatic nitrogens is 2. The maximum Gasteiger partial charge on any atom is 0.135 e. The largest absolute Gasteiger partial charge is 0.497 e. The minimum Gasteiger partial charge on any atom is -0.497 e. The van der Waals surface area contributed by atoms with Crippen molar-refractivity contribution in [2.75, 3.05) is 57.1 Å². The number of hydrogen-bond acceptors (Lipinski definition) is 7. The van der Waals surface area contributed by atoms with Gasteiger partial charge >= 0.3 is 0 Å². The van der Waals surface area contributed by atoms with Crippen molar-refractivity contribution >= 4 is 17.3 Å². The molecular formula is C18H25N5O2. The molecule has 0 aliphatic carbocycles. The van der Waals surface area contributed by atoms with E-state index in [0.717, 1.165) is 68.9 Å². The summed E-state index contributed by atoms with van der Waals surface area (Å²) in [5, 5.41) is 6.63. The molecule has 0 atom stereocenters. The fourth-order valence-corrected chi connectivity index (χ4v) is 2.69. The Kier molecular flexibility index (Phi) is 6.42. The Morgan fingerprint density at radius 2 is 1.88 bits per heavy atom. The number of ether oxygens (including phenoxy) is 2. The van der Waals surface area contributed by atoms with E-state index in [0.29, 0.717) is 0 Å². The van der Waals surface area contributed by atoms with Crippen LogP contribution in [0.25, 0.3) is 0 Å². The quantitative estimate of drug-likeness (QED) is 0.713. The second-order valence-electron chi connectivity index (χ2n) is 5.88. The van der Waals surface area contributed by atoms with Crippen LogP contribution < -0.4 is 15.4 Å². The molecule has 0 amide bonds. The molecule has 134 valence electrons. The molecule has 0 unspecified atom stereocenters. The van der Waals surface area contributed by atoms with Crippen LogP contribution in [0.4, 0.5) is 17.3 Å². The molecule has 1 aromatic heterocycles. The molecule has 3 rings (SSSR count). The van der Waals surface area contributed by atoms with Gasteiger partial charge in [-0.2, -0.15) is 0 Å². The maximum atomic E-state index is 5.36. The minimum atomic E-state index is 0.760. The van der Waals surface area contributed by atoms with Gasteiger partial charge in [-0.3, -0.25) is 4.90 Å². The summed E-state index contributed by atoms with van der Waals surface area (Å²) in [7, 11) is 1.66. The molecule has 7 heteroatoms. The van der Waals surface area contributed by atoms with Crippen LogP contribution in [-0.2, 0) is 4.74 Å². The standard InChI is InChI=1S/C18H25N5O2/c1-24-16-5-3-15(4-6-16)22-18-13-17(20-14-21-18)19-7-2-8-23-9-11-25-12-10-23/h3-6,13-14H,2,7-12H2,1H3,(H2,19,20,21,22). The molecule has 25 heavy (non-hydrogen) atoms. The molecule has 0 saturated carbocycles. The van der Waals surface area contributed by atoms with Gasteiger partial charge in [0.1, 0.15) is 23.7 Å². The van der Waals surface area contributed by atoms with Gasteiger partial charge in [-0.15, -0.1) is 0 Å². The number of nitrogens with zero attached hydrogens (tertiary/aromatic N) is 3. The number of hydrogen-bond donors (Lipinski definition) is 2. The fraction of sp³-hybridized carbons (Fsp3) is 0.444. The zero-order valence-corrected chi connectivity index (χ0v) is 14.6. The molecule has 0 radical (unpaired) electrons. The van der Waals surface area contributed by atoms with E-state index in [2.05, 4.69) is 25.5 Å². The average Bonchev–Trinajstić information content (AvgIpc) is 2.67. The van der Waals surface area contributed by atoms with Crippen LogP contribution in [0.1, 0.15) is 6.42 Å². The van der Waals surface area contributed by atoms with Crippen molar-refractivity contribution in [1.29, 1.82) is 0 Å². The predicted octanol–water partition coefficient (Wildman–Crippen LogP) is 2.36. The lowest BCUT2D eigenvalue weighted by molar-refractivity contribution is 0.0378. The van der Waals surface area contributed by atoms with E-state index in [1.807, 2.05) is 30.3 Å². The van der Waals surface area contributed by atoms with E-state index >= 15 is 0 Å². The van der Waals surface area contributed by atoms with Gasteiger partial charge in [-0.05, 0) is 37.2 Å². The first-order chi connectivity index (χ1) is 12.3. The Balaban J connectivity index is 1.45. The normalized spacial score (nSPS) is 14.9. The Morgan fingerprint density at radius 1 is 1.12 bits per heavy atom. The van der Waals surface area contributed by atoms with Gasteiger partial charge in [0.25, 0.3) is 0 Å². The number of nitrogens with one attached hydrogen (secondary N) is 2. The van der Waals surface area contributed by atoms with E-state index in [9.17, 15) is 0 Å². The van der Waals surface area contributed by atoms with Crippen LogP contribution >= 0.6 is 0 Å². The number of rotatable bonds is 8. The number of methoxy groups -OCH3 is 1. The molecule has 2 N–H and O–H groups in total. The Hall–Kier alpha value is -2.38. The topological polar surface area (TPSA) is 71.5 Å². The molecule has 1 aliphatic rings. The summed E-state index contributed by atoms with van der Waals surface area (Å²) >= 11 is 0. The van der Waals surface area contributed by atoms with E-state index < -0.39 is 0 Å². The maximum absolute atomic E-state index is 5.36. The van der Waals surface area contributed by atoms with Crippen molar-refractivity contribution in [2.24, 2.45) is 0 Å². The van der Waals surface area contributed by atoms with Crippen molar-refractivity contribution in [3.63, 3.8) is 0 Å². The van der Waals surface area contributed by atoms with Crippen molar-refractivity contribution in [2.45, 2.75) is 6.42 Å². The van der Waals surface area contributed by atoms with E-state index in [-0.39, 0.29) is 0 Å². The van der Waals surface area contributed by atoms with Gasteiger partial charge in [0.2, 0.25) is 0 Å². The molecule has 1 aliphatic heterocycles. The van der Waals surface area contributed by atoms with Crippen LogP contribution in [0.2, 0.25) is 0 Å². The van der Waals surface area contributed by atoms with Crippen molar-refractivity contribution in [1.82, 2.24) is 14.9 Å². The molecule has 1 aromatic carbocycles. The predicted molar refractivity (Wildman–Crippen MR) is 98.7 cm³/mol. The summed E-state index contributed by atoms with van der Waals surface area (Å²) in [4.78, 5) is 11.0. The smallest absolute Gasteiger partial charge is 0.135 e. The van der Waals surface area contributed by atoms with Gasteiger partial charge < -0.3 is 20.1 Å². The molecule has 1 fully saturated rings. The van der Waals surface area contributed by atoms with Crippen molar-refractivity contribution in [3.05, 3.63) is 36.7 Å². The highest BCUT2D eigenvalue weighted by Crippen LogP contribution is 2.19. The summed E-state index contributed by atoms with van der Waals surface area (Å²) < 4.78 is 10.5. The van der Waals surface area contributed by atoms with Crippen LogP contribution in [0, 0.1) is 0 Å². The molecule has 0 bridgehead atoms. The number of anilines is 3. The SMILES string of the molecule is COc1ccc(Nc2cc(NCCCN3CCOCC3)ncn2)cc1. The second-order valence-corrected chi connectivity index (χ2v) is 5.88. The molecule has 2 heterocycles. The summed E-state index contributed by atoms with van der Waals surface area (Å²) in [6.45, 7) is 5.72. The van der Waals surface area contributed by atoms with Crippen molar-refractivity contribution < 1.29 is 9.47 Å². The Morgan fingerprint density at radius 3 is 2.64 bits per heavy atom. The third-order valence-electron chi connectivity index (χ3n) is 4.09. The molecule has 1 saturated heterocycles. The zero-order valence-electron chi connectivity index (χ0n) is 14.6. The van der Waals surface area contributed by atoms with Gasteiger partial charge in [-0.25, -0.2) is 9.97 Å². The zero-order chi connectivity index (χ0) is 17.3. The average molecular weight is 343 g/mol. The molecular weight excluding hydrogens is 318 g/mol. The summed E-state index contributed by atoms with van der Waals surface area (Å²) in [6.07, 6.45) is 2.64. The third-order valence-corrected chi connectivity index (χ3v) is 4.09. The number of benzene rings is 1. The van der Waals surface area contributed by atoms with Crippen LogP contribution in [0.15, 0.2) is 36.7 Å². The number of morpholine rings is 1. The summed E-state index contributed by atoms with van der Waals surface area (Å²) in [5.74, 6) is 2.42. The van der Waals surface area contributed by atoms with E-state index in [1.54, 1.807) is 13.4 Å². The summed E-state index contributed by atoms with van der Waals surface area (Å²) in [5.41, 5.74) is 0.956. The van der Waals surface area contributed by atoms with Gasteiger partial charge in [0.15, 0.2) is 0 Å². The van der Waals surface area contributed by atoms with Crippen molar-refractivity contribution in [3.8, 4) is 5.75 Å². The van der Waals surface area contributed by atoms with Crippen LogP contribution in [0.5, 0.6) is 5.75 Å². The lowest BCUT2D eigenvalue weighted by Gasteiger charge is -2.26. The highest BCUT2D eigenvalue weighted by Gasteiger charge is 2.09. The highest BCUT2D eigenvalue weighted by atomic mass is 16.5. The Bertz CT molecular complexity index is 644. The van der Waals surface area contributed by atoms with Crippen LogP contribution in [0.3, 0.4) is 0 Å². The monoisotopic (exact) mass is 343 g/mol. The van der Waals surface area contributed by atoms with Crippen LogP contribution in [-0.4, -0.2) is 61.4 Å². The highest BCUT2D eigenvalue weighted by molar-refractivity contribution is 5.59. The molecule has 0 spiro atoms. The fourth-order valence-electron chi connectivity index (χ4n) is 2.69. The first-order valence-corrected chi connectivity index (χ1v) is 8.60. The van der Waals surface area contributed by atoms with Gasteiger partial charge in [0.05, 0.1) is 20.3 Å². The molecule has 7 nitrogen and oxygen atoms in total. The minimum absolute atomic E-state index is 0.760. The summed E-state index contributed by atoms with van der Waals surface area (Å²) in [6, 6.07) is 9.65. The lowest BCUT2D eigenvalue weighted by Crippen LogP contribution is -2.37. The van der Waals surface area contributed by atoms with E-state index in [1.165, 1.54) is 0 Å². The van der Waals surface area contributed by atoms with Gasteiger partial charge in [0, 0.05) is 31.4 Å². The van der Waals surface area contributed by atoms with Gasteiger partial charge in [-0.1, -0.05) is 0 Å². The first kappa shape index (κ1) is 17.4. The lowest BCUT2D eigenvalue weighted by atomic mass is 10.3. The molecule has 2 aromatic rings. The second kappa shape index (κ2) is 9.19. The van der Waals surface area contributed by atoms with E-state index in [4.69, 9.17) is 9.47 Å².